The van der Waals surface area contributed by atoms with Crippen molar-refractivity contribution in [1.82, 2.24) is 0 Å². The molecule has 1 unspecified atom stereocenters. The molecular weight excluding hydrogens is 583 g/mol. The molecule has 6 rings (SSSR count). The zero-order chi connectivity index (χ0) is 24.7. The Labute approximate surface area is 250 Å². The Hall–Kier alpha value is -2.31. The van der Waals surface area contributed by atoms with Crippen molar-refractivity contribution in [3.8, 4) is 11.1 Å². The van der Waals surface area contributed by atoms with Crippen LogP contribution in [0, 0.1) is 0 Å². The summed E-state index contributed by atoms with van der Waals surface area (Å²) < 4.78 is 2.07. The van der Waals surface area contributed by atoms with E-state index in [9.17, 15) is 0 Å². The van der Waals surface area contributed by atoms with Crippen LogP contribution >= 0.6 is 0 Å². The van der Waals surface area contributed by atoms with Crippen LogP contribution in [0.15, 0.2) is 115 Å². The molecular formula is C35H31Cl2Zr. The summed E-state index contributed by atoms with van der Waals surface area (Å²) in [4.78, 5) is 0. The van der Waals surface area contributed by atoms with Gasteiger partial charge in [-0.15, -0.1) is 0 Å². The zero-order valence-electron chi connectivity index (χ0n) is 22.0. The van der Waals surface area contributed by atoms with Gasteiger partial charge in [-0.2, -0.15) is 0 Å². The van der Waals surface area contributed by atoms with Crippen molar-refractivity contribution >= 4 is 8.78 Å². The predicted molar refractivity (Wildman–Crippen MR) is 150 cm³/mol. The normalized spacial score (nSPS) is 14.9. The van der Waals surface area contributed by atoms with E-state index in [1.165, 1.54) is 44.5 Å². The molecule has 0 N–H and O–H groups in total. The first kappa shape index (κ1) is 28.7. The minimum absolute atomic E-state index is 0. The molecule has 0 fully saturated rings. The summed E-state index contributed by atoms with van der Waals surface area (Å²) >= 11 is -1.12. The molecule has 0 bridgehead atoms. The van der Waals surface area contributed by atoms with Gasteiger partial charge in [0.1, 0.15) is 0 Å². The Kier molecular flexibility index (Phi) is 8.94. The number of hydrogen-bond acceptors (Lipinski definition) is 0. The Morgan fingerprint density at radius 1 is 0.711 bits per heavy atom. The zero-order valence-corrected chi connectivity index (χ0v) is 26.0. The van der Waals surface area contributed by atoms with Gasteiger partial charge in [-0.05, 0) is 0 Å². The first-order valence-corrected chi connectivity index (χ1v) is 15.5. The van der Waals surface area contributed by atoms with Crippen molar-refractivity contribution in [2.45, 2.75) is 36.2 Å². The van der Waals surface area contributed by atoms with E-state index in [1.54, 1.807) is 8.77 Å². The molecule has 2 aliphatic rings. The van der Waals surface area contributed by atoms with Crippen molar-refractivity contribution in [2.24, 2.45) is 0 Å². The summed E-state index contributed by atoms with van der Waals surface area (Å²) in [6.45, 7) is 7.02. The Bertz CT molecular complexity index is 1480. The molecule has 0 nitrogen and oxygen atoms in total. The molecule has 38 heavy (non-hydrogen) atoms. The van der Waals surface area contributed by atoms with Crippen molar-refractivity contribution < 1.29 is 47.6 Å². The van der Waals surface area contributed by atoms with E-state index in [1.807, 2.05) is 0 Å². The maximum atomic E-state index is 2.51. The van der Waals surface area contributed by atoms with Gasteiger partial charge in [0.15, 0.2) is 0 Å². The van der Waals surface area contributed by atoms with Crippen LogP contribution in [0.1, 0.15) is 64.2 Å². The third-order valence-corrected chi connectivity index (χ3v) is 11.7. The van der Waals surface area contributed by atoms with E-state index in [4.69, 9.17) is 0 Å². The van der Waals surface area contributed by atoms with Crippen LogP contribution in [0.3, 0.4) is 0 Å². The van der Waals surface area contributed by atoms with E-state index < -0.39 is 22.8 Å². The van der Waals surface area contributed by atoms with Gasteiger partial charge in [0, 0.05) is 0 Å². The van der Waals surface area contributed by atoms with Crippen LogP contribution in [0.25, 0.3) is 16.7 Å². The summed E-state index contributed by atoms with van der Waals surface area (Å²) in [7, 11) is 0. The third-order valence-electron chi connectivity index (χ3n) is 7.43. The molecule has 0 saturated carbocycles. The largest absolute Gasteiger partial charge is 1.00 e. The fourth-order valence-electron chi connectivity index (χ4n) is 5.52. The number of allylic oxidation sites excluding steroid dienone is 4. The van der Waals surface area contributed by atoms with Crippen LogP contribution in [0.2, 0.25) is 0 Å². The molecule has 0 aliphatic heterocycles. The van der Waals surface area contributed by atoms with Crippen molar-refractivity contribution in [3.05, 3.63) is 149 Å². The number of benzene rings is 4. The molecule has 0 spiro atoms. The van der Waals surface area contributed by atoms with Crippen molar-refractivity contribution in [3.63, 3.8) is 0 Å². The molecule has 0 heterocycles. The molecule has 0 amide bonds. The van der Waals surface area contributed by atoms with Crippen LogP contribution in [0.4, 0.5) is 0 Å². The molecule has 2 aliphatic carbocycles. The predicted octanol–water partition coefficient (Wildman–Crippen LogP) is 2.76. The summed E-state index contributed by atoms with van der Waals surface area (Å²) in [5.41, 5.74) is 13.3. The first-order valence-electron chi connectivity index (χ1n) is 12.9. The fourth-order valence-corrected chi connectivity index (χ4v) is 9.99. The summed E-state index contributed by atoms with van der Waals surface area (Å²) in [5, 5.41) is 0. The van der Waals surface area contributed by atoms with Gasteiger partial charge >= 0.3 is 228 Å². The first-order chi connectivity index (χ1) is 17.5. The molecule has 4 aromatic rings. The van der Waals surface area contributed by atoms with E-state index in [0.29, 0.717) is 3.63 Å². The summed E-state index contributed by atoms with van der Waals surface area (Å²) in [6.07, 6.45) is 7.90. The molecule has 0 saturated heterocycles. The van der Waals surface area contributed by atoms with Crippen LogP contribution in [0.5, 0.6) is 0 Å². The molecule has 3 heteroatoms. The third kappa shape index (κ3) is 5.40. The van der Waals surface area contributed by atoms with Gasteiger partial charge in [-0.3, -0.25) is 0 Å². The summed E-state index contributed by atoms with van der Waals surface area (Å²) in [6, 6.07) is 36.4. The second-order valence-electron chi connectivity index (χ2n) is 10.8. The minimum atomic E-state index is -1.12. The quantitative estimate of drug-likeness (QED) is 0.332. The Balaban J connectivity index is 0.00000168. The van der Waals surface area contributed by atoms with E-state index in [2.05, 4.69) is 136 Å². The standard InChI is InChI=1S/C22H21.C13H10.2ClH.Zr/c1-22(2,3)17-13-19(15-8-4-5-9-15)20-12-16-10-6-7-11-18(16)21(20)14-17;1-3-7-12(8-4-1)11-13-9-5-2-6-10-13;;;/h4-8,10-14H,9H2,1-3H3;1-10H;2*1H;/q;;;;+2/p-2. The van der Waals surface area contributed by atoms with Crippen LogP contribution in [-0.2, 0) is 28.2 Å². The van der Waals surface area contributed by atoms with Gasteiger partial charge in [-0.1, -0.05) is 0 Å². The second-order valence-corrected chi connectivity index (χ2v) is 14.2. The van der Waals surface area contributed by atoms with Gasteiger partial charge < -0.3 is 24.8 Å². The summed E-state index contributed by atoms with van der Waals surface area (Å²) in [5.74, 6) is 0. The minimum Gasteiger partial charge on any atom is -1.00 e. The second kappa shape index (κ2) is 11.8. The van der Waals surface area contributed by atoms with E-state index >= 15 is 0 Å². The van der Waals surface area contributed by atoms with E-state index in [-0.39, 0.29) is 30.2 Å². The van der Waals surface area contributed by atoms with Gasteiger partial charge in [0.25, 0.3) is 0 Å². The molecule has 0 aromatic heterocycles. The molecule has 4 aromatic carbocycles. The van der Waals surface area contributed by atoms with Gasteiger partial charge in [0.05, 0.1) is 0 Å². The topological polar surface area (TPSA) is 0 Å². The van der Waals surface area contributed by atoms with Crippen LogP contribution in [-0.4, -0.2) is 3.21 Å². The number of rotatable bonds is 4. The van der Waals surface area contributed by atoms with Crippen molar-refractivity contribution in [1.29, 1.82) is 0 Å². The maximum Gasteiger partial charge on any atom is -1.00 e. The monoisotopic (exact) mass is 611 g/mol. The van der Waals surface area contributed by atoms with Gasteiger partial charge in [0.2, 0.25) is 0 Å². The average Bonchev–Trinajstić information content (AvgIpc) is 3.54. The van der Waals surface area contributed by atoms with Gasteiger partial charge in [-0.25, -0.2) is 0 Å². The average molecular weight is 614 g/mol. The molecule has 189 valence electrons. The smallest absolute Gasteiger partial charge is 1.00 e. The molecule has 1 atom stereocenters. The number of hydrogen-bond donors (Lipinski definition) is 0. The Morgan fingerprint density at radius 2 is 1.29 bits per heavy atom. The SMILES string of the molecule is CC(C)(C)c1cc(C2=CC=CC2)c2c(c1)-c1ccccc1[CH]2[Zr+2]=[C](c1ccccc1)c1ccccc1.[Cl-].[Cl-]. The fraction of sp³-hybridized carbons (Fsp3) is 0.171. The van der Waals surface area contributed by atoms with Crippen molar-refractivity contribution in [2.75, 3.05) is 0 Å². The number of fused-ring (bicyclic) bond motifs is 3. The number of halogens is 2. The maximum absolute atomic E-state index is 2.51. The molecule has 0 radical (unpaired) electrons. The van der Waals surface area contributed by atoms with E-state index in [0.717, 1.165) is 6.42 Å². The Morgan fingerprint density at radius 3 is 1.87 bits per heavy atom. The van der Waals surface area contributed by atoms with Crippen LogP contribution < -0.4 is 24.8 Å².